The number of rotatable bonds is 7. The molecule has 1 atom stereocenters. The number of carbonyl (C=O) groups is 2. The summed E-state index contributed by atoms with van der Waals surface area (Å²) in [5.41, 5.74) is 2.83. The first-order valence-electron chi connectivity index (χ1n) is 10.0. The molecular weight excluding hydrogens is 368 g/mol. The van der Waals surface area contributed by atoms with E-state index >= 15 is 0 Å². The number of aryl methyl sites for hydroxylation is 1. The molecule has 2 amide bonds. The van der Waals surface area contributed by atoms with Gasteiger partial charge in [-0.15, -0.1) is 0 Å². The molecule has 0 radical (unpaired) electrons. The summed E-state index contributed by atoms with van der Waals surface area (Å²) in [4.78, 5) is 26.7. The number of hydrogen-bond donors (Lipinski definition) is 1. The van der Waals surface area contributed by atoms with Gasteiger partial charge >= 0.3 is 0 Å². The van der Waals surface area contributed by atoms with Crippen LogP contribution in [0.3, 0.4) is 0 Å². The largest absolute Gasteiger partial charge is 0.494 e. The van der Waals surface area contributed by atoms with Crippen molar-refractivity contribution in [2.75, 3.05) is 18.1 Å². The Balaban J connectivity index is 1.51. The van der Waals surface area contributed by atoms with Gasteiger partial charge in [0.15, 0.2) is 0 Å². The lowest BCUT2D eigenvalue weighted by Crippen LogP contribution is -2.42. The lowest BCUT2D eigenvalue weighted by molar-refractivity contribution is -0.125. The third-order valence-electron chi connectivity index (χ3n) is 4.76. The first-order valence-corrected chi connectivity index (χ1v) is 10.0. The summed E-state index contributed by atoms with van der Waals surface area (Å²) in [6.07, 6.45) is 0.237. The minimum absolute atomic E-state index is 0.0665. The van der Waals surface area contributed by atoms with Gasteiger partial charge in [0.1, 0.15) is 17.6 Å². The number of nitrogens with zero attached hydrogens (tertiary/aromatic N) is 1. The van der Waals surface area contributed by atoms with Crippen LogP contribution >= 0.6 is 0 Å². The topological polar surface area (TPSA) is 67.9 Å². The molecule has 6 nitrogen and oxygen atoms in total. The Kier molecular flexibility index (Phi) is 6.75. The monoisotopic (exact) mass is 396 g/mol. The molecule has 6 heteroatoms. The molecule has 154 valence electrons. The van der Waals surface area contributed by atoms with Crippen LogP contribution in [0, 0.1) is 6.92 Å². The first kappa shape index (κ1) is 20.7. The van der Waals surface area contributed by atoms with E-state index in [0.717, 1.165) is 22.6 Å². The zero-order valence-electron chi connectivity index (χ0n) is 17.2. The molecule has 2 aromatic rings. The fourth-order valence-electron chi connectivity index (χ4n) is 3.30. The molecule has 0 saturated carbocycles. The number of nitrogens with one attached hydrogen (secondary N) is 1. The van der Waals surface area contributed by atoms with Gasteiger partial charge in [0, 0.05) is 19.4 Å². The van der Waals surface area contributed by atoms with Crippen LogP contribution in [-0.4, -0.2) is 31.1 Å². The van der Waals surface area contributed by atoms with Crippen molar-refractivity contribution in [3.63, 3.8) is 0 Å². The van der Waals surface area contributed by atoms with Crippen LogP contribution in [0.25, 0.3) is 0 Å². The number of ether oxygens (including phenoxy) is 2. The number of hydrogen-bond acceptors (Lipinski definition) is 4. The van der Waals surface area contributed by atoms with Crippen molar-refractivity contribution in [3.8, 4) is 11.5 Å². The number of carbonyl (C=O) groups excluding carboxylic acids is 2. The van der Waals surface area contributed by atoms with Gasteiger partial charge in [0.25, 0.3) is 0 Å². The highest BCUT2D eigenvalue weighted by molar-refractivity contribution is 5.97. The Morgan fingerprint density at radius 2 is 1.93 bits per heavy atom. The van der Waals surface area contributed by atoms with Crippen molar-refractivity contribution in [1.29, 1.82) is 0 Å². The van der Waals surface area contributed by atoms with E-state index in [0.29, 0.717) is 25.4 Å². The fourth-order valence-corrected chi connectivity index (χ4v) is 3.30. The lowest BCUT2D eigenvalue weighted by Gasteiger charge is -2.33. The lowest BCUT2D eigenvalue weighted by atomic mass is 10.1. The number of fused-ring (bicyclic) bond motifs is 1. The molecule has 29 heavy (non-hydrogen) atoms. The molecule has 0 aromatic heterocycles. The molecule has 1 aliphatic rings. The van der Waals surface area contributed by atoms with E-state index in [1.807, 2.05) is 63.2 Å². The molecule has 3 rings (SSSR count). The Labute approximate surface area is 171 Å². The summed E-state index contributed by atoms with van der Waals surface area (Å²) in [7, 11) is 0. The van der Waals surface area contributed by atoms with E-state index in [1.165, 1.54) is 0 Å². The minimum Gasteiger partial charge on any atom is -0.494 e. The molecule has 1 N–H and O–H groups in total. The number of benzene rings is 2. The molecule has 0 saturated heterocycles. The van der Waals surface area contributed by atoms with Gasteiger partial charge in [-0.1, -0.05) is 18.2 Å². The average Bonchev–Trinajstić information content (AvgIpc) is 2.71. The molecular formula is C23H28N2O4. The van der Waals surface area contributed by atoms with Gasteiger partial charge < -0.3 is 19.7 Å². The van der Waals surface area contributed by atoms with Crippen molar-refractivity contribution in [2.45, 2.75) is 46.3 Å². The van der Waals surface area contributed by atoms with Gasteiger partial charge in [-0.25, -0.2) is 0 Å². The van der Waals surface area contributed by atoms with Crippen LogP contribution in [0.2, 0.25) is 0 Å². The third kappa shape index (κ3) is 5.50. The van der Waals surface area contributed by atoms with Gasteiger partial charge in [0.2, 0.25) is 11.8 Å². The third-order valence-corrected chi connectivity index (χ3v) is 4.76. The average molecular weight is 396 g/mol. The highest BCUT2D eigenvalue weighted by Crippen LogP contribution is 2.34. The summed E-state index contributed by atoms with van der Waals surface area (Å²) in [5.74, 6) is 1.31. The SMILES string of the molecule is CCOc1ccc(CNC(=O)CCC(=O)N2C[C@H](C)Oc3ccc(C)cc32)cc1. The normalized spacial score (nSPS) is 15.3. The number of anilines is 1. The second kappa shape index (κ2) is 9.45. The Morgan fingerprint density at radius 3 is 2.66 bits per heavy atom. The van der Waals surface area contributed by atoms with Crippen molar-refractivity contribution in [1.82, 2.24) is 5.32 Å². The second-order valence-electron chi connectivity index (χ2n) is 7.26. The van der Waals surface area contributed by atoms with Crippen molar-refractivity contribution in [3.05, 3.63) is 53.6 Å². The maximum absolute atomic E-state index is 12.8. The van der Waals surface area contributed by atoms with Crippen LogP contribution in [0.1, 0.15) is 37.8 Å². The second-order valence-corrected chi connectivity index (χ2v) is 7.26. The van der Waals surface area contributed by atoms with Crippen LogP contribution in [-0.2, 0) is 16.1 Å². The standard InChI is InChI=1S/C23H28N2O4/c1-4-28-19-8-6-18(7-9-19)14-24-22(26)11-12-23(27)25-15-17(3)29-21-10-5-16(2)13-20(21)25/h5-10,13,17H,4,11-12,14-15H2,1-3H3,(H,24,26)/t17-/m0/s1. The van der Waals surface area contributed by atoms with E-state index in [4.69, 9.17) is 9.47 Å². The molecule has 1 heterocycles. The van der Waals surface area contributed by atoms with Crippen molar-refractivity contribution >= 4 is 17.5 Å². The maximum Gasteiger partial charge on any atom is 0.227 e. The van der Waals surface area contributed by atoms with Gasteiger partial charge in [0.05, 0.1) is 18.8 Å². The molecule has 0 spiro atoms. The molecule has 0 bridgehead atoms. The zero-order valence-corrected chi connectivity index (χ0v) is 17.2. The molecule has 2 aromatic carbocycles. The summed E-state index contributed by atoms with van der Waals surface area (Å²) >= 11 is 0. The predicted molar refractivity (Wildman–Crippen MR) is 112 cm³/mol. The van der Waals surface area contributed by atoms with Gasteiger partial charge in [-0.2, -0.15) is 0 Å². The molecule has 0 fully saturated rings. The van der Waals surface area contributed by atoms with Crippen LogP contribution < -0.4 is 19.7 Å². The zero-order chi connectivity index (χ0) is 20.8. The highest BCUT2D eigenvalue weighted by atomic mass is 16.5. The van der Waals surface area contributed by atoms with E-state index in [-0.39, 0.29) is 30.8 Å². The van der Waals surface area contributed by atoms with E-state index in [1.54, 1.807) is 4.90 Å². The predicted octanol–water partition coefficient (Wildman–Crippen LogP) is 3.60. The Hall–Kier alpha value is -3.02. The van der Waals surface area contributed by atoms with Gasteiger partial charge in [-0.3, -0.25) is 9.59 Å². The molecule has 1 aliphatic heterocycles. The van der Waals surface area contributed by atoms with Crippen molar-refractivity contribution < 1.29 is 19.1 Å². The van der Waals surface area contributed by atoms with Crippen LogP contribution in [0.5, 0.6) is 11.5 Å². The summed E-state index contributed by atoms with van der Waals surface area (Å²) in [6, 6.07) is 13.4. The summed E-state index contributed by atoms with van der Waals surface area (Å²) < 4.78 is 11.2. The van der Waals surface area contributed by atoms with Crippen LogP contribution in [0.4, 0.5) is 5.69 Å². The van der Waals surface area contributed by atoms with Crippen LogP contribution in [0.15, 0.2) is 42.5 Å². The quantitative estimate of drug-likeness (QED) is 0.776. The highest BCUT2D eigenvalue weighted by Gasteiger charge is 2.27. The Bertz CT molecular complexity index is 864. The van der Waals surface area contributed by atoms with Crippen molar-refractivity contribution in [2.24, 2.45) is 0 Å². The fraction of sp³-hybridized carbons (Fsp3) is 0.391. The van der Waals surface area contributed by atoms with E-state index < -0.39 is 0 Å². The molecule has 0 aliphatic carbocycles. The smallest absolute Gasteiger partial charge is 0.227 e. The van der Waals surface area contributed by atoms with E-state index in [2.05, 4.69) is 5.32 Å². The number of amides is 2. The maximum atomic E-state index is 12.8. The minimum atomic E-state index is -0.141. The summed E-state index contributed by atoms with van der Waals surface area (Å²) in [6.45, 7) is 7.39. The van der Waals surface area contributed by atoms with E-state index in [9.17, 15) is 9.59 Å². The molecule has 0 unspecified atom stereocenters. The Morgan fingerprint density at radius 1 is 1.17 bits per heavy atom. The summed E-state index contributed by atoms with van der Waals surface area (Å²) in [5, 5.41) is 2.87. The first-order chi connectivity index (χ1) is 14.0. The van der Waals surface area contributed by atoms with Gasteiger partial charge in [-0.05, 0) is 56.2 Å².